The lowest BCUT2D eigenvalue weighted by atomic mass is 10.3. The molecule has 7 nitrogen and oxygen atoms in total. The molecule has 0 radical (unpaired) electrons. The van der Waals surface area contributed by atoms with Crippen molar-refractivity contribution < 1.29 is 8.42 Å². The number of aliphatic imine (C=N–C) groups is 1. The summed E-state index contributed by atoms with van der Waals surface area (Å²) in [6, 6.07) is 5.83. The quantitative estimate of drug-likeness (QED) is 0.234. The Bertz CT molecular complexity index is 537. The predicted octanol–water partition coefficient (Wildman–Crippen LogP) is 0.346. The van der Waals surface area contributed by atoms with E-state index in [9.17, 15) is 8.42 Å². The lowest BCUT2D eigenvalue weighted by Gasteiger charge is -2.11. The van der Waals surface area contributed by atoms with E-state index in [0.717, 1.165) is 24.9 Å². The van der Waals surface area contributed by atoms with Crippen molar-refractivity contribution in [3.8, 4) is 0 Å². The zero-order chi connectivity index (χ0) is 15.6. The highest BCUT2D eigenvalue weighted by molar-refractivity contribution is 14.0. The van der Waals surface area contributed by atoms with Crippen LogP contribution in [-0.4, -0.2) is 52.3 Å². The molecule has 0 saturated heterocycles. The molecule has 0 fully saturated rings. The maximum Gasteiger partial charge on any atom is 0.208 e. The van der Waals surface area contributed by atoms with E-state index in [1.807, 2.05) is 18.2 Å². The second-order valence-electron chi connectivity index (χ2n) is 4.52. The molecule has 0 spiro atoms. The Labute approximate surface area is 149 Å². The molecule has 126 valence electrons. The van der Waals surface area contributed by atoms with Gasteiger partial charge in [-0.2, -0.15) is 0 Å². The molecule has 0 aromatic carbocycles. The molecule has 1 rings (SSSR count). The highest BCUT2D eigenvalue weighted by Crippen LogP contribution is 1.92. The Morgan fingerprint density at radius 1 is 1.23 bits per heavy atom. The molecule has 0 amide bonds. The fourth-order valence-electron chi connectivity index (χ4n) is 1.63. The van der Waals surface area contributed by atoms with Gasteiger partial charge in [0.1, 0.15) is 0 Å². The molecule has 3 N–H and O–H groups in total. The van der Waals surface area contributed by atoms with Gasteiger partial charge in [-0.3, -0.25) is 9.98 Å². The van der Waals surface area contributed by atoms with Crippen LogP contribution in [0.3, 0.4) is 0 Å². The van der Waals surface area contributed by atoms with Gasteiger partial charge in [0, 0.05) is 45.0 Å². The summed E-state index contributed by atoms with van der Waals surface area (Å²) in [7, 11) is -1.41. The van der Waals surface area contributed by atoms with Crippen LogP contribution in [-0.2, 0) is 16.4 Å². The fraction of sp³-hybridized carbons (Fsp3) is 0.538. The fourth-order valence-corrected chi connectivity index (χ4v) is 2.14. The molecule has 1 heterocycles. The molecule has 0 aliphatic rings. The van der Waals surface area contributed by atoms with Gasteiger partial charge in [0.2, 0.25) is 10.0 Å². The topological polar surface area (TPSA) is 95.5 Å². The molecule has 0 saturated carbocycles. The van der Waals surface area contributed by atoms with Crippen molar-refractivity contribution in [1.29, 1.82) is 0 Å². The van der Waals surface area contributed by atoms with Gasteiger partial charge in [0.05, 0.1) is 6.26 Å². The molecule has 9 heteroatoms. The van der Waals surface area contributed by atoms with E-state index in [0.29, 0.717) is 25.5 Å². The summed E-state index contributed by atoms with van der Waals surface area (Å²) in [6.45, 7) is 1.79. The highest BCUT2D eigenvalue weighted by atomic mass is 127. The molecule has 0 unspecified atom stereocenters. The summed E-state index contributed by atoms with van der Waals surface area (Å²) < 4.78 is 24.2. The van der Waals surface area contributed by atoms with Crippen molar-refractivity contribution in [2.24, 2.45) is 4.99 Å². The zero-order valence-electron chi connectivity index (χ0n) is 12.9. The standard InChI is InChI=1S/C13H23N5O2S.HI/c1-14-13(16-9-5-10-18-21(2,19)20)17-11-7-12-6-3-4-8-15-12;/h3-4,6,8,18H,5,7,9-11H2,1-2H3,(H2,14,16,17);1H. The summed E-state index contributed by atoms with van der Waals surface area (Å²) >= 11 is 0. The number of halogens is 1. The number of hydrogen-bond acceptors (Lipinski definition) is 4. The zero-order valence-corrected chi connectivity index (χ0v) is 16.0. The maximum absolute atomic E-state index is 10.9. The van der Waals surface area contributed by atoms with Crippen LogP contribution >= 0.6 is 24.0 Å². The first kappa shape index (κ1) is 21.1. The molecule has 0 atom stereocenters. The summed E-state index contributed by atoms with van der Waals surface area (Å²) in [5.74, 6) is 0.699. The first-order chi connectivity index (χ1) is 10.0. The lowest BCUT2D eigenvalue weighted by molar-refractivity contribution is 0.584. The second kappa shape index (κ2) is 11.6. The molecule has 1 aromatic heterocycles. The van der Waals surface area contributed by atoms with Crippen LogP contribution in [0.2, 0.25) is 0 Å². The van der Waals surface area contributed by atoms with Gasteiger partial charge in [-0.25, -0.2) is 13.1 Å². The second-order valence-corrected chi connectivity index (χ2v) is 6.35. The first-order valence-electron chi connectivity index (χ1n) is 6.80. The summed E-state index contributed by atoms with van der Waals surface area (Å²) in [6.07, 6.45) is 4.43. The van der Waals surface area contributed by atoms with Gasteiger partial charge in [-0.15, -0.1) is 24.0 Å². The lowest BCUT2D eigenvalue weighted by Crippen LogP contribution is -2.39. The Kier molecular flexibility index (Phi) is 11.1. The van der Waals surface area contributed by atoms with Crippen LogP contribution in [0.1, 0.15) is 12.1 Å². The van der Waals surface area contributed by atoms with Crippen LogP contribution in [0.25, 0.3) is 0 Å². The van der Waals surface area contributed by atoms with E-state index in [-0.39, 0.29) is 24.0 Å². The highest BCUT2D eigenvalue weighted by Gasteiger charge is 2.00. The van der Waals surface area contributed by atoms with Crippen LogP contribution in [0.4, 0.5) is 0 Å². The van der Waals surface area contributed by atoms with Crippen molar-refractivity contribution in [3.63, 3.8) is 0 Å². The van der Waals surface area contributed by atoms with Gasteiger partial charge < -0.3 is 10.6 Å². The van der Waals surface area contributed by atoms with E-state index < -0.39 is 10.0 Å². The van der Waals surface area contributed by atoms with E-state index in [2.05, 4.69) is 25.3 Å². The molecule has 22 heavy (non-hydrogen) atoms. The summed E-state index contributed by atoms with van der Waals surface area (Å²) in [5.41, 5.74) is 1.03. The molecule has 0 bridgehead atoms. The summed E-state index contributed by atoms with van der Waals surface area (Å²) in [4.78, 5) is 8.35. The van der Waals surface area contributed by atoms with Crippen molar-refractivity contribution in [2.45, 2.75) is 12.8 Å². The SMILES string of the molecule is CN=C(NCCCNS(C)(=O)=O)NCCc1ccccn1.I. The van der Waals surface area contributed by atoms with Gasteiger partial charge in [-0.05, 0) is 18.6 Å². The molecule has 1 aromatic rings. The van der Waals surface area contributed by atoms with Crippen LogP contribution in [0.5, 0.6) is 0 Å². The van der Waals surface area contributed by atoms with Crippen molar-refractivity contribution in [2.75, 3.05) is 32.9 Å². The first-order valence-corrected chi connectivity index (χ1v) is 8.69. The van der Waals surface area contributed by atoms with Gasteiger partial charge in [0.25, 0.3) is 0 Å². The van der Waals surface area contributed by atoms with Gasteiger partial charge in [0.15, 0.2) is 5.96 Å². The van der Waals surface area contributed by atoms with Gasteiger partial charge >= 0.3 is 0 Å². The number of hydrogen-bond donors (Lipinski definition) is 3. The number of rotatable bonds is 8. The smallest absolute Gasteiger partial charge is 0.208 e. The van der Waals surface area contributed by atoms with Gasteiger partial charge in [-0.1, -0.05) is 6.07 Å². The Balaban J connectivity index is 0.00000441. The number of nitrogens with one attached hydrogen (secondary N) is 3. The third kappa shape index (κ3) is 10.7. The average molecular weight is 441 g/mol. The third-order valence-electron chi connectivity index (χ3n) is 2.63. The molecule has 0 aliphatic carbocycles. The predicted molar refractivity (Wildman–Crippen MR) is 100 cm³/mol. The number of guanidine groups is 1. The Morgan fingerprint density at radius 2 is 1.95 bits per heavy atom. The minimum atomic E-state index is -3.11. The number of pyridine rings is 1. The van der Waals surface area contributed by atoms with E-state index in [1.165, 1.54) is 0 Å². The minimum Gasteiger partial charge on any atom is -0.356 e. The average Bonchev–Trinajstić information content (AvgIpc) is 2.45. The van der Waals surface area contributed by atoms with Crippen molar-refractivity contribution >= 4 is 40.0 Å². The van der Waals surface area contributed by atoms with E-state index in [1.54, 1.807) is 13.2 Å². The Morgan fingerprint density at radius 3 is 2.55 bits per heavy atom. The molecule has 0 aliphatic heterocycles. The third-order valence-corrected chi connectivity index (χ3v) is 3.36. The summed E-state index contributed by atoms with van der Waals surface area (Å²) in [5, 5.41) is 6.31. The van der Waals surface area contributed by atoms with Crippen molar-refractivity contribution in [1.82, 2.24) is 20.3 Å². The van der Waals surface area contributed by atoms with Crippen LogP contribution < -0.4 is 15.4 Å². The number of sulfonamides is 1. The monoisotopic (exact) mass is 441 g/mol. The van der Waals surface area contributed by atoms with Crippen LogP contribution in [0, 0.1) is 0 Å². The number of aromatic nitrogens is 1. The van der Waals surface area contributed by atoms with Crippen LogP contribution in [0.15, 0.2) is 29.4 Å². The largest absolute Gasteiger partial charge is 0.356 e. The minimum absolute atomic E-state index is 0. The van der Waals surface area contributed by atoms with E-state index in [4.69, 9.17) is 0 Å². The van der Waals surface area contributed by atoms with Crippen molar-refractivity contribution in [3.05, 3.63) is 30.1 Å². The number of nitrogens with zero attached hydrogens (tertiary/aromatic N) is 2. The molecular weight excluding hydrogens is 417 g/mol. The maximum atomic E-state index is 10.9. The van der Waals surface area contributed by atoms with E-state index >= 15 is 0 Å². The molecular formula is C13H24IN5O2S. The normalized spacial score (nSPS) is 11.6. The Hall–Kier alpha value is -0.940.